The van der Waals surface area contributed by atoms with Crippen molar-refractivity contribution in [1.82, 2.24) is 4.90 Å². The molecule has 5 heteroatoms. The first kappa shape index (κ1) is 14.3. The van der Waals surface area contributed by atoms with Gasteiger partial charge in [0.2, 0.25) is 0 Å². The van der Waals surface area contributed by atoms with E-state index in [2.05, 4.69) is 0 Å². The van der Waals surface area contributed by atoms with Crippen LogP contribution >= 0.6 is 23.2 Å². The van der Waals surface area contributed by atoms with Gasteiger partial charge in [-0.25, -0.2) is 0 Å². The number of rotatable bonds is 5. The molecular weight excluding hydrogens is 261 g/mol. The summed E-state index contributed by atoms with van der Waals surface area (Å²) >= 11 is 11.9. The fourth-order valence-corrected chi connectivity index (χ4v) is 2.09. The Morgan fingerprint density at radius 1 is 1.47 bits per heavy atom. The number of carbonyl (C=O) groups is 1. The summed E-state index contributed by atoms with van der Waals surface area (Å²) in [4.78, 5) is 12.8. The first-order valence-corrected chi connectivity index (χ1v) is 6.08. The second-order valence-electron chi connectivity index (χ2n) is 3.91. The Bertz CT molecular complexity index is 409. The van der Waals surface area contributed by atoms with Crippen molar-refractivity contribution in [2.75, 3.05) is 7.05 Å². The fraction of sp³-hybridized carbons (Fsp3) is 0.417. The SMILES string of the molecule is CCC(C(=O)O)N(C)Cc1cc(Cl)ccc1Cl. The van der Waals surface area contributed by atoms with Crippen molar-refractivity contribution in [3.05, 3.63) is 33.8 Å². The number of hydrogen-bond donors (Lipinski definition) is 1. The van der Waals surface area contributed by atoms with E-state index in [1.807, 2.05) is 6.92 Å². The van der Waals surface area contributed by atoms with Gasteiger partial charge in [-0.3, -0.25) is 9.69 Å². The number of halogens is 2. The smallest absolute Gasteiger partial charge is 0.320 e. The third-order valence-electron chi connectivity index (χ3n) is 2.63. The maximum atomic E-state index is 11.0. The van der Waals surface area contributed by atoms with Crippen LogP contribution in [0.4, 0.5) is 0 Å². The Morgan fingerprint density at radius 2 is 2.12 bits per heavy atom. The summed E-state index contributed by atoms with van der Waals surface area (Å²) in [5.74, 6) is -0.826. The maximum Gasteiger partial charge on any atom is 0.320 e. The fourth-order valence-electron chi connectivity index (χ4n) is 1.72. The average Bonchev–Trinajstić information content (AvgIpc) is 2.24. The molecule has 0 amide bonds. The predicted molar refractivity (Wildman–Crippen MR) is 69.6 cm³/mol. The van der Waals surface area contributed by atoms with E-state index in [9.17, 15) is 4.79 Å². The number of carboxylic acids is 1. The summed E-state index contributed by atoms with van der Waals surface area (Å²) in [5.41, 5.74) is 0.835. The minimum atomic E-state index is -0.826. The van der Waals surface area contributed by atoms with E-state index < -0.39 is 12.0 Å². The largest absolute Gasteiger partial charge is 0.480 e. The number of nitrogens with zero attached hydrogens (tertiary/aromatic N) is 1. The van der Waals surface area contributed by atoms with Gasteiger partial charge in [0.05, 0.1) is 0 Å². The molecule has 3 nitrogen and oxygen atoms in total. The minimum absolute atomic E-state index is 0.462. The van der Waals surface area contributed by atoms with Crippen LogP contribution in [-0.4, -0.2) is 29.1 Å². The van der Waals surface area contributed by atoms with Gasteiger partial charge in [-0.1, -0.05) is 30.1 Å². The van der Waals surface area contributed by atoms with Crippen LogP contribution in [0, 0.1) is 0 Å². The lowest BCUT2D eigenvalue weighted by atomic mass is 10.1. The highest BCUT2D eigenvalue weighted by atomic mass is 35.5. The molecule has 0 aromatic heterocycles. The Morgan fingerprint density at radius 3 is 2.65 bits per heavy atom. The lowest BCUT2D eigenvalue weighted by Crippen LogP contribution is -2.37. The van der Waals surface area contributed by atoms with Crippen LogP contribution in [0.3, 0.4) is 0 Å². The molecule has 0 heterocycles. The monoisotopic (exact) mass is 275 g/mol. The van der Waals surface area contributed by atoms with Crippen molar-refractivity contribution < 1.29 is 9.90 Å². The molecular formula is C12H15Cl2NO2. The molecule has 17 heavy (non-hydrogen) atoms. The normalized spacial score (nSPS) is 12.8. The summed E-state index contributed by atoms with van der Waals surface area (Å²) in [6.45, 7) is 2.30. The summed E-state index contributed by atoms with van der Waals surface area (Å²) in [7, 11) is 1.76. The van der Waals surface area contributed by atoms with E-state index in [1.165, 1.54) is 0 Å². The summed E-state index contributed by atoms with van der Waals surface area (Å²) < 4.78 is 0. The molecule has 1 rings (SSSR count). The summed E-state index contributed by atoms with van der Waals surface area (Å²) in [6.07, 6.45) is 0.546. The Hall–Kier alpha value is -0.770. The zero-order valence-corrected chi connectivity index (χ0v) is 11.3. The maximum absolute atomic E-state index is 11.0. The lowest BCUT2D eigenvalue weighted by molar-refractivity contribution is -0.143. The molecule has 0 aliphatic carbocycles. The molecule has 0 aliphatic rings. The van der Waals surface area contributed by atoms with Crippen LogP contribution < -0.4 is 0 Å². The summed E-state index contributed by atoms with van der Waals surface area (Å²) in [5, 5.41) is 10.2. The zero-order chi connectivity index (χ0) is 13.0. The summed E-state index contributed by atoms with van der Waals surface area (Å²) in [6, 6.07) is 4.68. The lowest BCUT2D eigenvalue weighted by Gasteiger charge is -2.23. The molecule has 1 aromatic carbocycles. The van der Waals surface area contributed by atoms with Gasteiger partial charge in [0.25, 0.3) is 0 Å². The number of benzene rings is 1. The van der Waals surface area contributed by atoms with Gasteiger partial charge in [-0.05, 0) is 37.2 Å². The molecule has 0 saturated heterocycles. The molecule has 1 unspecified atom stereocenters. The molecule has 0 spiro atoms. The van der Waals surface area contributed by atoms with Gasteiger partial charge in [0, 0.05) is 16.6 Å². The topological polar surface area (TPSA) is 40.5 Å². The molecule has 0 saturated carbocycles. The van der Waals surface area contributed by atoms with Crippen molar-refractivity contribution in [3.8, 4) is 0 Å². The second-order valence-corrected chi connectivity index (χ2v) is 4.76. The number of carboxylic acid groups (broad SMARTS) is 1. The van der Waals surface area contributed by atoms with E-state index in [0.717, 1.165) is 5.56 Å². The molecule has 1 N–H and O–H groups in total. The number of likely N-dealkylation sites (N-methyl/N-ethyl adjacent to an activating group) is 1. The van der Waals surface area contributed by atoms with Crippen LogP contribution in [-0.2, 0) is 11.3 Å². The van der Waals surface area contributed by atoms with Crippen molar-refractivity contribution in [2.45, 2.75) is 25.9 Å². The molecule has 94 valence electrons. The second kappa shape index (κ2) is 6.24. The van der Waals surface area contributed by atoms with Gasteiger partial charge in [0.1, 0.15) is 6.04 Å². The molecule has 0 bridgehead atoms. The molecule has 0 radical (unpaired) electrons. The predicted octanol–water partition coefficient (Wildman–Crippen LogP) is 3.29. The molecule has 1 atom stereocenters. The Labute approximate surface area is 111 Å². The van der Waals surface area contributed by atoms with Crippen LogP contribution in [0.2, 0.25) is 10.0 Å². The standard InChI is InChI=1S/C12H15Cl2NO2/c1-3-11(12(16)17)15(2)7-8-6-9(13)4-5-10(8)14/h4-6,11H,3,7H2,1-2H3,(H,16,17). The van der Waals surface area contributed by atoms with E-state index >= 15 is 0 Å². The zero-order valence-electron chi connectivity index (χ0n) is 9.78. The van der Waals surface area contributed by atoms with Crippen molar-refractivity contribution in [1.29, 1.82) is 0 Å². The first-order valence-electron chi connectivity index (χ1n) is 5.32. The highest BCUT2D eigenvalue weighted by Gasteiger charge is 2.20. The van der Waals surface area contributed by atoms with Crippen molar-refractivity contribution in [2.24, 2.45) is 0 Å². The van der Waals surface area contributed by atoms with Gasteiger partial charge in [0.15, 0.2) is 0 Å². The molecule has 0 fully saturated rings. The van der Waals surface area contributed by atoms with Gasteiger partial charge >= 0.3 is 5.97 Å². The van der Waals surface area contributed by atoms with Crippen LogP contribution in [0.25, 0.3) is 0 Å². The molecule has 1 aromatic rings. The quantitative estimate of drug-likeness (QED) is 0.897. The van der Waals surface area contributed by atoms with Crippen molar-refractivity contribution >= 4 is 29.2 Å². The highest BCUT2D eigenvalue weighted by molar-refractivity contribution is 6.33. The Balaban J connectivity index is 2.83. The minimum Gasteiger partial charge on any atom is -0.480 e. The third-order valence-corrected chi connectivity index (χ3v) is 3.24. The number of hydrogen-bond acceptors (Lipinski definition) is 2. The Kier molecular flexibility index (Phi) is 5.25. The van der Waals surface area contributed by atoms with Crippen LogP contribution in [0.15, 0.2) is 18.2 Å². The van der Waals surface area contributed by atoms with Gasteiger partial charge < -0.3 is 5.11 Å². The van der Waals surface area contributed by atoms with E-state index in [4.69, 9.17) is 28.3 Å². The van der Waals surface area contributed by atoms with Gasteiger partial charge in [-0.2, -0.15) is 0 Å². The number of aliphatic carboxylic acids is 1. The molecule has 0 aliphatic heterocycles. The highest BCUT2D eigenvalue weighted by Crippen LogP contribution is 2.22. The van der Waals surface area contributed by atoms with E-state index in [-0.39, 0.29) is 0 Å². The van der Waals surface area contributed by atoms with Gasteiger partial charge in [-0.15, -0.1) is 0 Å². The van der Waals surface area contributed by atoms with Crippen molar-refractivity contribution in [3.63, 3.8) is 0 Å². The first-order chi connectivity index (χ1) is 7.95. The van der Waals surface area contributed by atoms with Crippen LogP contribution in [0.5, 0.6) is 0 Å². The van der Waals surface area contributed by atoms with E-state index in [1.54, 1.807) is 30.1 Å². The van der Waals surface area contributed by atoms with Crippen LogP contribution in [0.1, 0.15) is 18.9 Å². The van der Waals surface area contributed by atoms with E-state index in [0.29, 0.717) is 23.0 Å². The average molecular weight is 276 g/mol. The third kappa shape index (κ3) is 3.87.